The lowest BCUT2D eigenvalue weighted by atomic mass is 9.98. The van der Waals surface area contributed by atoms with E-state index in [0.29, 0.717) is 6.61 Å². The van der Waals surface area contributed by atoms with Gasteiger partial charge in [0.1, 0.15) is 12.4 Å². The van der Waals surface area contributed by atoms with E-state index in [0.717, 1.165) is 18.7 Å². The summed E-state index contributed by atoms with van der Waals surface area (Å²) in [5, 5.41) is 3.45. The van der Waals surface area contributed by atoms with E-state index < -0.39 is 0 Å². The molecule has 2 nitrogen and oxygen atoms in total. The monoisotopic (exact) mass is 253 g/mol. The van der Waals surface area contributed by atoms with Crippen LogP contribution in [0.2, 0.25) is 0 Å². The van der Waals surface area contributed by atoms with Crippen molar-refractivity contribution in [2.75, 3.05) is 11.9 Å². The van der Waals surface area contributed by atoms with Gasteiger partial charge in [-0.2, -0.15) is 0 Å². The first-order chi connectivity index (χ1) is 9.33. The van der Waals surface area contributed by atoms with Crippen LogP contribution in [0.3, 0.4) is 0 Å². The van der Waals surface area contributed by atoms with Crippen molar-refractivity contribution >= 4 is 5.69 Å². The van der Waals surface area contributed by atoms with E-state index in [4.69, 9.17) is 4.74 Å². The maximum atomic E-state index is 5.91. The summed E-state index contributed by atoms with van der Waals surface area (Å²) in [5.74, 6) is 0.946. The Morgan fingerprint density at radius 3 is 2.95 bits per heavy atom. The van der Waals surface area contributed by atoms with Crippen LogP contribution in [-0.4, -0.2) is 6.54 Å². The van der Waals surface area contributed by atoms with Crippen molar-refractivity contribution in [3.05, 3.63) is 59.2 Å². The third-order valence-electron chi connectivity index (χ3n) is 3.58. The summed E-state index contributed by atoms with van der Waals surface area (Å²) in [6, 6.07) is 14.6. The number of hydrogen-bond acceptors (Lipinski definition) is 2. The smallest absolute Gasteiger partial charge is 0.120 e. The second-order valence-electron chi connectivity index (χ2n) is 5.08. The zero-order valence-corrected chi connectivity index (χ0v) is 11.3. The molecule has 2 aromatic rings. The van der Waals surface area contributed by atoms with Crippen molar-refractivity contribution in [3.8, 4) is 5.75 Å². The normalized spacial score (nSPS) is 13.5. The summed E-state index contributed by atoms with van der Waals surface area (Å²) < 4.78 is 5.91. The van der Waals surface area contributed by atoms with Gasteiger partial charge < -0.3 is 10.1 Å². The molecule has 2 heteroatoms. The predicted octanol–water partition coefficient (Wildman–Crippen LogP) is 3.93. The van der Waals surface area contributed by atoms with Crippen molar-refractivity contribution in [1.82, 2.24) is 0 Å². The van der Waals surface area contributed by atoms with Crippen LogP contribution in [0.5, 0.6) is 5.75 Å². The molecule has 0 aromatic heterocycles. The van der Waals surface area contributed by atoms with Crippen molar-refractivity contribution in [3.63, 3.8) is 0 Å². The molecule has 98 valence electrons. The molecule has 0 bridgehead atoms. The zero-order chi connectivity index (χ0) is 13.1. The van der Waals surface area contributed by atoms with Crippen molar-refractivity contribution in [2.24, 2.45) is 0 Å². The molecule has 1 heterocycles. The Hall–Kier alpha value is -1.96. The molecular formula is C17H19NO. The Kier molecular flexibility index (Phi) is 3.41. The van der Waals surface area contributed by atoms with Gasteiger partial charge in [0, 0.05) is 12.2 Å². The molecule has 0 spiro atoms. The van der Waals surface area contributed by atoms with Crippen molar-refractivity contribution in [2.45, 2.75) is 26.4 Å². The molecule has 2 aromatic carbocycles. The molecular weight excluding hydrogens is 234 g/mol. The van der Waals surface area contributed by atoms with Gasteiger partial charge in [-0.15, -0.1) is 0 Å². The lowest BCUT2D eigenvalue weighted by Gasteiger charge is -2.21. The molecule has 0 aliphatic carbocycles. The second kappa shape index (κ2) is 5.35. The third-order valence-corrected chi connectivity index (χ3v) is 3.58. The average molecular weight is 253 g/mol. The molecule has 0 saturated heterocycles. The summed E-state index contributed by atoms with van der Waals surface area (Å²) in [6.45, 7) is 3.81. The van der Waals surface area contributed by atoms with E-state index in [1.54, 1.807) is 0 Å². The average Bonchev–Trinajstić information content (AvgIpc) is 2.45. The summed E-state index contributed by atoms with van der Waals surface area (Å²) in [4.78, 5) is 0. The highest BCUT2D eigenvalue weighted by Crippen LogP contribution is 2.26. The molecule has 3 rings (SSSR count). The SMILES string of the molecule is Cc1cccc(OCc2cccc3c2CCCN3)c1. The molecule has 1 aliphatic rings. The molecule has 0 amide bonds. The van der Waals surface area contributed by atoms with Gasteiger partial charge in [-0.1, -0.05) is 24.3 Å². The quantitative estimate of drug-likeness (QED) is 0.894. The minimum absolute atomic E-state index is 0.647. The molecule has 0 saturated carbocycles. The van der Waals surface area contributed by atoms with Crippen molar-refractivity contribution < 1.29 is 4.74 Å². The summed E-state index contributed by atoms with van der Waals surface area (Å²) in [7, 11) is 0. The van der Waals surface area contributed by atoms with Gasteiger partial charge in [0.15, 0.2) is 0 Å². The van der Waals surface area contributed by atoms with Gasteiger partial charge in [0.25, 0.3) is 0 Å². The van der Waals surface area contributed by atoms with Crippen LogP contribution >= 0.6 is 0 Å². The fourth-order valence-corrected chi connectivity index (χ4v) is 2.59. The minimum Gasteiger partial charge on any atom is -0.489 e. The minimum atomic E-state index is 0.647. The van der Waals surface area contributed by atoms with Crippen LogP contribution in [0.4, 0.5) is 5.69 Å². The van der Waals surface area contributed by atoms with Gasteiger partial charge in [0.2, 0.25) is 0 Å². The maximum absolute atomic E-state index is 5.91. The first kappa shape index (κ1) is 12.1. The van der Waals surface area contributed by atoms with Gasteiger partial charge in [0.05, 0.1) is 0 Å². The fraction of sp³-hybridized carbons (Fsp3) is 0.294. The van der Waals surface area contributed by atoms with E-state index in [1.165, 1.54) is 28.8 Å². The number of aryl methyl sites for hydroxylation is 1. The molecule has 19 heavy (non-hydrogen) atoms. The van der Waals surface area contributed by atoms with Crippen LogP contribution in [0, 0.1) is 6.92 Å². The Labute approximate surface area is 114 Å². The molecule has 0 fully saturated rings. The molecule has 0 atom stereocenters. The molecule has 1 N–H and O–H groups in total. The van der Waals surface area contributed by atoms with Gasteiger partial charge in [-0.25, -0.2) is 0 Å². The van der Waals surface area contributed by atoms with Crippen LogP contribution in [-0.2, 0) is 13.0 Å². The number of ether oxygens (including phenoxy) is 1. The van der Waals surface area contributed by atoms with Crippen molar-refractivity contribution in [1.29, 1.82) is 0 Å². The number of anilines is 1. The first-order valence-corrected chi connectivity index (χ1v) is 6.87. The molecule has 1 aliphatic heterocycles. The Balaban J connectivity index is 1.77. The number of hydrogen-bond donors (Lipinski definition) is 1. The third kappa shape index (κ3) is 2.73. The van der Waals surface area contributed by atoms with E-state index in [2.05, 4.69) is 42.6 Å². The number of benzene rings is 2. The molecule has 0 unspecified atom stereocenters. The number of nitrogens with one attached hydrogen (secondary N) is 1. The highest BCUT2D eigenvalue weighted by atomic mass is 16.5. The zero-order valence-electron chi connectivity index (χ0n) is 11.3. The topological polar surface area (TPSA) is 21.3 Å². The first-order valence-electron chi connectivity index (χ1n) is 6.87. The Bertz CT molecular complexity index is 577. The maximum Gasteiger partial charge on any atom is 0.120 e. The predicted molar refractivity (Wildman–Crippen MR) is 78.8 cm³/mol. The Morgan fingerprint density at radius 1 is 1.16 bits per heavy atom. The molecule has 0 radical (unpaired) electrons. The van der Waals surface area contributed by atoms with Gasteiger partial charge in [-0.05, 0) is 54.7 Å². The summed E-state index contributed by atoms with van der Waals surface area (Å²) in [6.07, 6.45) is 2.35. The highest BCUT2D eigenvalue weighted by molar-refractivity contribution is 5.56. The van der Waals surface area contributed by atoms with Crippen LogP contribution in [0.1, 0.15) is 23.1 Å². The van der Waals surface area contributed by atoms with E-state index in [-0.39, 0.29) is 0 Å². The summed E-state index contributed by atoms with van der Waals surface area (Å²) >= 11 is 0. The standard InChI is InChI=1S/C17H19NO/c1-13-5-2-7-15(11-13)19-12-14-6-3-9-17-16(14)8-4-10-18-17/h2-3,5-7,9,11,18H,4,8,10,12H2,1H3. The van der Waals surface area contributed by atoms with Gasteiger partial charge in [-0.3, -0.25) is 0 Å². The highest BCUT2D eigenvalue weighted by Gasteiger charge is 2.12. The second-order valence-corrected chi connectivity index (χ2v) is 5.08. The summed E-state index contributed by atoms with van der Waals surface area (Å²) in [5.41, 5.74) is 5.22. The van der Waals surface area contributed by atoms with E-state index >= 15 is 0 Å². The fourth-order valence-electron chi connectivity index (χ4n) is 2.59. The largest absolute Gasteiger partial charge is 0.489 e. The lowest BCUT2D eigenvalue weighted by Crippen LogP contribution is -2.14. The number of fused-ring (bicyclic) bond motifs is 1. The van der Waals surface area contributed by atoms with E-state index in [1.807, 2.05) is 12.1 Å². The number of rotatable bonds is 3. The van der Waals surface area contributed by atoms with Gasteiger partial charge >= 0.3 is 0 Å². The van der Waals surface area contributed by atoms with Crippen LogP contribution in [0.25, 0.3) is 0 Å². The lowest BCUT2D eigenvalue weighted by molar-refractivity contribution is 0.304. The van der Waals surface area contributed by atoms with Crippen LogP contribution in [0.15, 0.2) is 42.5 Å². The Morgan fingerprint density at radius 2 is 2.05 bits per heavy atom. The van der Waals surface area contributed by atoms with Crippen LogP contribution < -0.4 is 10.1 Å². The van der Waals surface area contributed by atoms with E-state index in [9.17, 15) is 0 Å².